The Morgan fingerprint density at radius 3 is 3.00 bits per heavy atom. The topological polar surface area (TPSA) is 71.7 Å². The van der Waals surface area contributed by atoms with Gasteiger partial charge in [-0.2, -0.15) is 11.8 Å². The van der Waals surface area contributed by atoms with Crippen LogP contribution in [0, 0.1) is 0 Å². The number of aromatic nitrogens is 2. The third kappa shape index (κ3) is 3.81. The van der Waals surface area contributed by atoms with Crippen molar-refractivity contribution in [3.63, 3.8) is 0 Å². The first-order valence-corrected chi connectivity index (χ1v) is 7.48. The zero-order chi connectivity index (χ0) is 13.8. The van der Waals surface area contributed by atoms with Gasteiger partial charge in [-0.25, -0.2) is 4.98 Å². The fraction of sp³-hybridized carbons (Fsp3) is 0.250. The second-order valence-electron chi connectivity index (χ2n) is 3.86. The van der Waals surface area contributed by atoms with Crippen molar-refractivity contribution in [1.82, 2.24) is 9.38 Å². The molecule has 0 saturated heterocycles. The number of nitrogens with zero attached hydrogens (tertiary/aromatic N) is 2. The molecule has 2 heterocycles. The van der Waals surface area contributed by atoms with Gasteiger partial charge in [0.25, 0.3) is 5.56 Å². The molecule has 0 atom stereocenters. The summed E-state index contributed by atoms with van der Waals surface area (Å²) in [6.07, 6.45) is 1.79. The summed E-state index contributed by atoms with van der Waals surface area (Å²) >= 11 is 4.76. The van der Waals surface area contributed by atoms with Crippen LogP contribution in [0.25, 0.3) is 5.65 Å². The number of hydrogen-bond acceptors (Lipinski definition) is 4. The van der Waals surface area contributed by atoms with Crippen molar-refractivity contribution in [1.29, 1.82) is 0 Å². The zero-order valence-electron chi connectivity index (χ0n) is 9.88. The molecule has 0 radical (unpaired) electrons. The van der Waals surface area contributed by atoms with Gasteiger partial charge >= 0.3 is 5.97 Å². The van der Waals surface area contributed by atoms with Crippen LogP contribution in [0.2, 0.25) is 0 Å². The Hall–Kier alpha value is -1.34. The number of thioether (sulfide) groups is 1. The van der Waals surface area contributed by atoms with E-state index in [0.29, 0.717) is 22.8 Å². The van der Waals surface area contributed by atoms with E-state index in [0.717, 1.165) is 4.47 Å². The van der Waals surface area contributed by atoms with E-state index in [1.54, 1.807) is 12.3 Å². The minimum absolute atomic E-state index is 0.115. The molecule has 0 aliphatic carbocycles. The lowest BCUT2D eigenvalue weighted by molar-refractivity contribution is -0.136. The third-order valence-electron chi connectivity index (χ3n) is 2.39. The molecule has 7 heteroatoms. The highest BCUT2D eigenvalue weighted by molar-refractivity contribution is 9.10. The van der Waals surface area contributed by atoms with Crippen LogP contribution >= 0.6 is 27.7 Å². The van der Waals surface area contributed by atoms with Crippen LogP contribution in [-0.4, -0.2) is 26.2 Å². The fourth-order valence-corrected chi connectivity index (χ4v) is 2.69. The maximum atomic E-state index is 11.9. The second kappa shape index (κ2) is 6.21. The van der Waals surface area contributed by atoms with Crippen molar-refractivity contribution >= 4 is 39.3 Å². The summed E-state index contributed by atoms with van der Waals surface area (Å²) in [6.45, 7) is 0. The van der Waals surface area contributed by atoms with E-state index in [2.05, 4.69) is 20.9 Å². The summed E-state index contributed by atoms with van der Waals surface area (Å²) in [5, 5.41) is 8.54. The van der Waals surface area contributed by atoms with Gasteiger partial charge in [-0.1, -0.05) is 0 Å². The molecular formula is C12H11BrN2O3S. The molecule has 0 saturated carbocycles. The van der Waals surface area contributed by atoms with E-state index >= 15 is 0 Å². The average molecular weight is 343 g/mol. The maximum Gasteiger partial charge on any atom is 0.304 e. The smallest absolute Gasteiger partial charge is 0.304 e. The molecule has 0 amide bonds. The highest BCUT2D eigenvalue weighted by Crippen LogP contribution is 2.13. The summed E-state index contributed by atoms with van der Waals surface area (Å²) < 4.78 is 2.28. The van der Waals surface area contributed by atoms with E-state index in [1.165, 1.54) is 22.2 Å². The fourth-order valence-electron chi connectivity index (χ4n) is 1.54. The molecule has 0 bridgehead atoms. The molecule has 1 N–H and O–H groups in total. The Kier molecular flexibility index (Phi) is 4.60. The monoisotopic (exact) mass is 342 g/mol. The van der Waals surface area contributed by atoms with Gasteiger partial charge in [0.2, 0.25) is 0 Å². The number of carbonyl (C=O) groups is 1. The summed E-state index contributed by atoms with van der Waals surface area (Å²) in [4.78, 5) is 26.6. The van der Waals surface area contributed by atoms with Gasteiger partial charge < -0.3 is 5.11 Å². The number of carboxylic acid groups (broad SMARTS) is 1. The van der Waals surface area contributed by atoms with Crippen molar-refractivity contribution in [2.45, 2.75) is 12.2 Å². The summed E-state index contributed by atoms with van der Waals surface area (Å²) in [7, 11) is 0. The first-order chi connectivity index (χ1) is 9.06. The zero-order valence-corrected chi connectivity index (χ0v) is 12.3. The maximum absolute atomic E-state index is 11.9. The molecule has 2 aromatic heterocycles. The molecule has 100 valence electrons. The molecule has 0 aliphatic heterocycles. The summed E-state index contributed by atoms with van der Waals surface area (Å²) in [6, 6.07) is 5.06. The molecule has 5 nitrogen and oxygen atoms in total. The van der Waals surface area contributed by atoms with Crippen LogP contribution in [0.5, 0.6) is 0 Å². The van der Waals surface area contributed by atoms with E-state index in [1.807, 2.05) is 6.07 Å². The van der Waals surface area contributed by atoms with Crippen LogP contribution < -0.4 is 5.56 Å². The van der Waals surface area contributed by atoms with Gasteiger partial charge in [0.05, 0.1) is 12.1 Å². The molecule has 0 fully saturated rings. The number of halogens is 1. The molecule has 2 rings (SSSR count). The lowest BCUT2D eigenvalue weighted by Gasteiger charge is -2.04. The van der Waals surface area contributed by atoms with Crippen LogP contribution in [0.1, 0.15) is 12.1 Å². The predicted octanol–water partition coefficient (Wildman–Crippen LogP) is 2.16. The predicted molar refractivity (Wildman–Crippen MR) is 77.6 cm³/mol. The molecule has 0 unspecified atom stereocenters. The standard InChI is InChI=1S/C12H11BrN2O3S/c13-8-1-2-10-14-9(5-11(16)15(10)6-8)7-19-4-3-12(17)18/h1-2,5-6H,3-4,7H2,(H,17,18). The van der Waals surface area contributed by atoms with Gasteiger partial charge in [-0.3, -0.25) is 14.0 Å². The van der Waals surface area contributed by atoms with Crippen molar-refractivity contribution in [2.24, 2.45) is 0 Å². The second-order valence-corrected chi connectivity index (χ2v) is 5.88. The van der Waals surface area contributed by atoms with E-state index < -0.39 is 5.97 Å². The van der Waals surface area contributed by atoms with E-state index in [4.69, 9.17) is 5.11 Å². The van der Waals surface area contributed by atoms with E-state index in [9.17, 15) is 9.59 Å². The van der Waals surface area contributed by atoms with Crippen molar-refractivity contribution in [3.05, 3.63) is 44.9 Å². The summed E-state index contributed by atoms with van der Waals surface area (Å²) in [5.41, 5.74) is 1.12. The van der Waals surface area contributed by atoms with Gasteiger partial charge in [-0.15, -0.1) is 0 Å². The first kappa shape index (κ1) is 14.1. The van der Waals surface area contributed by atoms with E-state index in [-0.39, 0.29) is 12.0 Å². The Balaban J connectivity index is 2.15. The Bertz CT molecular complexity index is 672. The molecule has 0 aromatic carbocycles. The molecule has 19 heavy (non-hydrogen) atoms. The van der Waals surface area contributed by atoms with Gasteiger partial charge in [-0.05, 0) is 28.1 Å². The Labute approximate surface area is 121 Å². The van der Waals surface area contributed by atoms with Gasteiger partial charge in [0.15, 0.2) is 0 Å². The van der Waals surface area contributed by atoms with Crippen LogP contribution in [0.3, 0.4) is 0 Å². The third-order valence-corrected chi connectivity index (χ3v) is 3.85. The summed E-state index contributed by atoms with van der Waals surface area (Å²) in [5.74, 6) is 0.232. The number of fused-ring (bicyclic) bond motifs is 1. The Morgan fingerprint density at radius 1 is 1.47 bits per heavy atom. The SMILES string of the molecule is O=C(O)CCSCc1cc(=O)n2cc(Br)ccc2n1. The number of carboxylic acids is 1. The number of aliphatic carboxylic acids is 1. The van der Waals surface area contributed by atoms with Crippen molar-refractivity contribution in [2.75, 3.05) is 5.75 Å². The minimum atomic E-state index is -0.816. The molecule has 0 aliphatic rings. The van der Waals surface area contributed by atoms with Crippen LogP contribution in [0.4, 0.5) is 0 Å². The average Bonchev–Trinajstić information content (AvgIpc) is 2.35. The largest absolute Gasteiger partial charge is 0.481 e. The van der Waals surface area contributed by atoms with Crippen LogP contribution in [0.15, 0.2) is 33.7 Å². The van der Waals surface area contributed by atoms with Crippen LogP contribution in [-0.2, 0) is 10.5 Å². The van der Waals surface area contributed by atoms with Crippen molar-refractivity contribution in [3.8, 4) is 0 Å². The highest BCUT2D eigenvalue weighted by Gasteiger charge is 2.04. The molecular weight excluding hydrogens is 332 g/mol. The first-order valence-electron chi connectivity index (χ1n) is 5.53. The number of rotatable bonds is 5. The normalized spacial score (nSPS) is 10.8. The van der Waals surface area contributed by atoms with Gasteiger partial charge in [0, 0.05) is 28.2 Å². The Morgan fingerprint density at radius 2 is 2.26 bits per heavy atom. The van der Waals surface area contributed by atoms with Crippen molar-refractivity contribution < 1.29 is 9.90 Å². The quantitative estimate of drug-likeness (QED) is 0.843. The lowest BCUT2D eigenvalue weighted by Crippen LogP contribution is -2.15. The number of hydrogen-bond donors (Lipinski definition) is 1. The molecule has 2 aromatic rings. The van der Waals surface area contributed by atoms with Gasteiger partial charge in [0.1, 0.15) is 5.65 Å². The minimum Gasteiger partial charge on any atom is -0.481 e. The number of pyridine rings is 1. The molecule has 0 spiro atoms. The highest BCUT2D eigenvalue weighted by atomic mass is 79.9. The lowest BCUT2D eigenvalue weighted by atomic mass is 10.4.